The van der Waals surface area contributed by atoms with E-state index in [0.29, 0.717) is 0 Å². The van der Waals surface area contributed by atoms with Crippen molar-refractivity contribution in [2.45, 2.75) is 58.0 Å². The molecule has 106 valence electrons. The predicted molar refractivity (Wildman–Crippen MR) is 83.8 cm³/mol. The first-order valence-electron chi connectivity index (χ1n) is 7.90. The molecule has 0 bridgehead atoms. The fraction of sp³-hybridized carbons (Fsp3) is 0.647. The lowest BCUT2D eigenvalue weighted by Crippen LogP contribution is -2.42. The van der Waals surface area contributed by atoms with Crippen LogP contribution in [0.4, 0.5) is 5.69 Å². The van der Waals surface area contributed by atoms with Gasteiger partial charge in [0.15, 0.2) is 0 Å². The summed E-state index contributed by atoms with van der Waals surface area (Å²) in [6.07, 6.45) is 6.54. The molecule has 0 amide bonds. The summed E-state index contributed by atoms with van der Waals surface area (Å²) in [7, 11) is 0. The molecule has 1 aromatic carbocycles. The van der Waals surface area contributed by atoms with E-state index in [1.807, 2.05) is 0 Å². The van der Waals surface area contributed by atoms with Crippen molar-refractivity contribution >= 4 is 5.69 Å². The highest BCUT2D eigenvalue weighted by atomic mass is 15.2. The SMILES string of the molecule is CCCNC1CCC(N(CC)c2ccccc2)CC1. The number of hydrogen-bond donors (Lipinski definition) is 1. The fourth-order valence-electron chi connectivity index (χ4n) is 3.21. The van der Waals surface area contributed by atoms with Crippen molar-refractivity contribution in [3.05, 3.63) is 30.3 Å². The van der Waals surface area contributed by atoms with Crippen LogP contribution in [0.15, 0.2) is 30.3 Å². The van der Waals surface area contributed by atoms with Crippen LogP contribution in [0.1, 0.15) is 46.0 Å². The third kappa shape index (κ3) is 3.97. The lowest BCUT2D eigenvalue weighted by Gasteiger charge is -2.38. The van der Waals surface area contributed by atoms with E-state index in [-0.39, 0.29) is 0 Å². The molecule has 1 aromatic rings. The van der Waals surface area contributed by atoms with E-state index in [4.69, 9.17) is 0 Å². The van der Waals surface area contributed by atoms with Gasteiger partial charge in [0.1, 0.15) is 0 Å². The summed E-state index contributed by atoms with van der Waals surface area (Å²) in [5, 5.41) is 3.67. The molecule has 1 fully saturated rings. The molecule has 0 spiro atoms. The van der Waals surface area contributed by atoms with E-state index in [9.17, 15) is 0 Å². The van der Waals surface area contributed by atoms with Gasteiger partial charge in [-0.25, -0.2) is 0 Å². The third-order valence-electron chi connectivity index (χ3n) is 4.25. The molecule has 0 aliphatic heterocycles. The molecular weight excluding hydrogens is 232 g/mol. The van der Waals surface area contributed by atoms with Gasteiger partial charge in [0, 0.05) is 24.3 Å². The molecule has 0 heterocycles. The second-order valence-electron chi connectivity index (χ2n) is 5.58. The average molecular weight is 260 g/mol. The highest BCUT2D eigenvalue weighted by Gasteiger charge is 2.24. The summed E-state index contributed by atoms with van der Waals surface area (Å²) in [5.74, 6) is 0. The van der Waals surface area contributed by atoms with Crippen molar-refractivity contribution in [1.82, 2.24) is 5.32 Å². The number of anilines is 1. The highest BCUT2D eigenvalue weighted by molar-refractivity contribution is 5.47. The van der Waals surface area contributed by atoms with E-state index in [1.165, 1.54) is 44.3 Å². The van der Waals surface area contributed by atoms with E-state index in [2.05, 4.69) is 54.4 Å². The van der Waals surface area contributed by atoms with Gasteiger partial charge in [-0.2, -0.15) is 0 Å². The highest BCUT2D eigenvalue weighted by Crippen LogP contribution is 2.27. The first-order valence-corrected chi connectivity index (χ1v) is 7.90. The van der Waals surface area contributed by atoms with Crippen molar-refractivity contribution in [3.8, 4) is 0 Å². The maximum Gasteiger partial charge on any atom is 0.0368 e. The van der Waals surface area contributed by atoms with Crippen LogP contribution in [0.3, 0.4) is 0 Å². The Morgan fingerprint density at radius 3 is 2.32 bits per heavy atom. The maximum atomic E-state index is 3.67. The van der Waals surface area contributed by atoms with E-state index < -0.39 is 0 Å². The van der Waals surface area contributed by atoms with Crippen LogP contribution in [0.25, 0.3) is 0 Å². The van der Waals surface area contributed by atoms with Crippen LogP contribution >= 0.6 is 0 Å². The zero-order valence-corrected chi connectivity index (χ0v) is 12.4. The number of hydrogen-bond acceptors (Lipinski definition) is 2. The second kappa shape index (κ2) is 7.54. The summed E-state index contributed by atoms with van der Waals surface area (Å²) in [4.78, 5) is 2.58. The van der Waals surface area contributed by atoms with Gasteiger partial charge < -0.3 is 10.2 Å². The number of para-hydroxylation sites is 1. The first-order chi connectivity index (χ1) is 9.35. The maximum absolute atomic E-state index is 3.67. The second-order valence-corrected chi connectivity index (χ2v) is 5.58. The van der Waals surface area contributed by atoms with E-state index in [1.54, 1.807) is 0 Å². The Bertz CT molecular complexity index is 342. The summed E-state index contributed by atoms with van der Waals surface area (Å²) in [5.41, 5.74) is 1.38. The monoisotopic (exact) mass is 260 g/mol. The molecule has 0 radical (unpaired) electrons. The van der Waals surface area contributed by atoms with Crippen LogP contribution < -0.4 is 10.2 Å². The lowest BCUT2D eigenvalue weighted by atomic mass is 9.89. The quantitative estimate of drug-likeness (QED) is 0.836. The van der Waals surface area contributed by atoms with Gasteiger partial charge in [-0.15, -0.1) is 0 Å². The van der Waals surface area contributed by atoms with Crippen molar-refractivity contribution in [3.63, 3.8) is 0 Å². The summed E-state index contributed by atoms with van der Waals surface area (Å²) < 4.78 is 0. The summed E-state index contributed by atoms with van der Waals surface area (Å²) in [6.45, 7) is 6.80. The van der Waals surface area contributed by atoms with Crippen molar-refractivity contribution in [1.29, 1.82) is 0 Å². The van der Waals surface area contributed by atoms with E-state index in [0.717, 1.165) is 18.6 Å². The molecule has 1 aliphatic rings. The zero-order valence-electron chi connectivity index (χ0n) is 12.4. The van der Waals surface area contributed by atoms with Gasteiger partial charge >= 0.3 is 0 Å². The Labute approximate surface area is 118 Å². The Morgan fingerprint density at radius 1 is 1.05 bits per heavy atom. The molecule has 2 nitrogen and oxygen atoms in total. The first kappa shape index (κ1) is 14.4. The number of rotatable bonds is 6. The van der Waals surface area contributed by atoms with Gasteiger partial charge in [-0.1, -0.05) is 25.1 Å². The molecule has 19 heavy (non-hydrogen) atoms. The summed E-state index contributed by atoms with van der Waals surface area (Å²) >= 11 is 0. The minimum absolute atomic E-state index is 0.729. The van der Waals surface area contributed by atoms with Gasteiger partial charge in [0.2, 0.25) is 0 Å². The third-order valence-corrected chi connectivity index (χ3v) is 4.25. The number of nitrogens with zero attached hydrogens (tertiary/aromatic N) is 1. The normalized spacial score (nSPS) is 23.3. The molecule has 1 aliphatic carbocycles. The Morgan fingerprint density at radius 2 is 1.74 bits per heavy atom. The predicted octanol–water partition coefficient (Wildman–Crippen LogP) is 3.82. The Hall–Kier alpha value is -1.02. The fourth-order valence-corrected chi connectivity index (χ4v) is 3.21. The van der Waals surface area contributed by atoms with Gasteiger partial charge in [0.05, 0.1) is 0 Å². The van der Waals surface area contributed by atoms with Gasteiger partial charge in [-0.05, 0) is 57.7 Å². The van der Waals surface area contributed by atoms with Crippen LogP contribution in [0, 0.1) is 0 Å². The lowest BCUT2D eigenvalue weighted by molar-refractivity contribution is 0.333. The van der Waals surface area contributed by atoms with Gasteiger partial charge in [0.25, 0.3) is 0 Å². The molecule has 0 atom stereocenters. The molecule has 1 N–H and O–H groups in total. The zero-order chi connectivity index (χ0) is 13.5. The van der Waals surface area contributed by atoms with Gasteiger partial charge in [-0.3, -0.25) is 0 Å². The topological polar surface area (TPSA) is 15.3 Å². The Kier molecular flexibility index (Phi) is 5.71. The van der Waals surface area contributed by atoms with Crippen molar-refractivity contribution in [2.75, 3.05) is 18.0 Å². The van der Waals surface area contributed by atoms with Crippen LogP contribution in [0.2, 0.25) is 0 Å². The van der Waals surface area contributed by atoms with E-state index >= 15 is 0 Å². The largest absolute Gasteiger partial charge is 0.369 e. The number of benzene rings is 1. The molecule has 1 saturated carbocycles. The number of nitrogens with one attached hydrogen (secondary N) is 1. The van der Waals surface area contributed by atoms with Crippen LogP contribution in [0.5, 0.6) is 0 Å². The molecule has 2 rings (SSSR count). The van der Waals surface area contributed by atoms with Crippen molar-refractivity contribution in [2.24, 2.45) is 0 Å². The molecule has 0 aromatic heterocycles. The smallest absolute Gasteiger partial charge is 0.0368 e. The average Bonchev–Trinajstić information content (AvgIpc) is 2.48. The molecule has 2 heteroatoms. The molecular formula is C17H28N2. The standard InChI is InChI=1S/C17H28N2/c1-3-14-18-15-10-12-17(13-11-15)19(4-2)16-8-6-5-7-9-16/h5-9,15,17-18H,3-4,10-14H2,1-2H3. The van der Waals surface area contributed by atoms with Crippen LogP contribution in [-0.4, -0.2) is 25.2 Å². The molecule has 0 saturated heterocycles. The minimum atomic E-state index is 0.729. The minimum Gasteiger partial charge on any atom is -0.369 e. The van der Waals surface area contributed by atoms with Crippen molar-refractivity contribution < 1.29 is 0 Å². The molecule has 0 unspecified atom stereocenters. The Balaban J connectivity index is 1.89. The van der Waals surface area contributed by atoms with Crippen LogP contribution in [-0.2, 0) is 0 Å². The summed E-state index contributed by atoms with van der Waals surface area (Å²) in [6, 6.07) is 12.4.